The fourth-order valence-electron chi connectivity index (χ4n) is 1.86. The molecule has 3 aromatic rings. The predicted octanol–water partition coefficient (Wildman–Crippen LogP) is 2.05. The van der Waals surface area contributed by atoms with Gasteiger partial charge in [-0.3, -0.25) is 0 Å². The van der Waals surface area contributed by atoms with Crippen LogP contribution < -0.4 is 5.73 Å². The van der Waals surface area contributed by atoms with Crippen LogP contribution in [0.25, 0.3) is 17.1 Å². The Morgan fingerprint density at radius 3 is 2.53 bits per heavy atom. The van der Waals surface area contributed by atoms with Gasteiger partial charge in [-0.25, -0.2) is 4.39 Å². The Labute approximate surface area is 108 Å². The van der Waals surface area contributed by atoms with Gasteiger partial charge in [-0.1, -0.05) is 36.4 Å². The molecule has 2 N–H and O–H groups in total. The molecular formula is C13H10FN5. The first kappa shape index (κ1) is 11.3. The van der Waals surface area contributed by atoms with E-state index in [2.05, 4.69) is 15.5 Å². The third kappa shape index (κ3) is 1.93. The van der Waals surface area contributed by atoms with Crippen molar-refractivity contribution in [2.24, 2.45) is 0 Å². The minimum absolute atomic E-state index is 0.159. The topological polar surface area (TPSA) is 69.6 Å². The minimum Gasteiger partial charge on any atom is -0.397 e. The summed E-state index contributed by atoms with van der Waals surface area (Å²) in [6.07, 6.45) is 0. The number of nitrogens with zero attached hydrogens (tertiary/aromatic N) is 4. The fraction of sp³-hybridized carbons (Fsp3) is 0. The van der Waals surface area contributed by atoms with E-state index in [-0.39, 0.29) is 11.4 Å². The van der Waals surface area contributed by atoms with E-state index in [9.17, 15) is 4.39 Å². The summed E-state index contributed by atoms with van der Waals surface area (Å²) in [7, 11) is 0. The van der Waals surface area contributed by atoms with Crippen LogP contribution in [0.4, 0.5) is 10.1 Å². The standard InChI is InChI=1S/C13H10FN5/c14-10-7-4-8-11(15)12(10)19-13(16-17-18-19)9-5-2-1-3-6-9/h1-8H,15H2. The van der Waals surface area contributed by atoms with E-state index in [4.69, 9.17) is 5.73 Å². The van der Waals surface area contributed by atoms with Crippen LogP contribution in [0.15, 0.2) is 48.5 Å². The van der Waals surface area contributed by atoms with Crippen molar-refractivity contribution in [1.29, 1.82) is 0 Å². The Morgan fingerprint density at radius 1 is 1.00 bits per heavy atom. The first-order valence-electron chi connectivity index (χ1n) is 5.65. The van der Waals surface area contributed by atoms with Crippen LogP contribution in [0.5, 0.6) is 0 Å². The second-order valence-corrected chi connectivity index (χ2v) is 3.96. The number of anilines is 1. The van der Waals surface area contributed by atoms with Gasteiger partial charge >= 0.3 is 0 Å². The Hall–Kier alpha value is -2.76. The van der Waals surface area contributed by atoms with Gasteiger partial charge in [-0.15, -0.1) is 5.10 Å². The molecule has 1 heterocycles. The molecule has 0 unspecified atom stereocenters. The van der Waals surface area contributed by atoms with Gasteiger partial charge in [0.25, 0.3) is 0 Å². The van der Waals surface area contributed by atoms with E-state index in [1.807, 2.05) is 30.3 Å². The van der Waals surface area contributed by atoms with Crippen molar-refractivity contribution in [3.05, 3.63) is 54.3 Å². The quantitative estimate of drug-likeness (QED) is 0.711. The molecule has 0 bridgehead atoms. The van der Waals surface area contributed by atoms with Gasteiger partial charge in [-0.2, -0.15) is 4.68 Å². The molecule has 2 aromatic carbocycles. The maximum Gasteiger partial charge on any atom is 0.187 e. The van der Waals surface area contributed by atoms with Gasteiger partial charge in [0.1, 0.15) is 5.69 Å². The summed E-state index contributed by atoms with van der Waals surface area (Å²) in [5.41, 5.74) is 7.03. The van der Waals surface area contributed by atoms with E-state index in [0.717, 1.165) is 5.56 Å². The number of tetrazole rings is 1. The van der Waals surface area contributed by atoms with E-state index < -0.39 is 5.82 Å². The lowest BCUT2D eigenvalue weighted by Gasteiger charge is -2.08. The van der Waals surface area contributed by atoms with Crippen LogP contribution in [-0.2, 0) is 0 Å². The van der Waals surface area contributed by atoms with Crippen molar-refractivity contribution in [2.45, 2.75) is 0 Å². The third-order valence-electron chi connectivity index (χ3n) is 2.73. The summed E-state index contributed by atoms with van der Waals surface area (Å²) >= 11 is 0. The number of para-hydroxylation sites is 1. The van der Waals surface area contributed by atoms with Crippen LogP contribution in [0.1, 0.15) is 0 Å². The summed E-state index contributed by atoms with van der Waals surface area (Å²) < 4.78 is 15.2. The van der Waals surface area contributed by atoms with Gasteiger partial charge < -0.3 is 5.73 Å². The highest BCUT2D eigenvalue weighted by atomic mass is 19.1. The zero-order chi connectivity index (χ0) is 13.2. The predicted molar refractivity (Wildman–Crippen MR) is 69.0 cm³/mol. The second-order valence-electron chi connectivity index (χ2n) is 3.96. The first-order chi connectivity index (χ1) is 9.27. The molecular weight excluding hydrogens is 245 g/mol. The van der Waals surface area contributed by atoms with Crippen molar-refractivity contribution in [3.8, 4) is 17.1 Å². The van der Waals surface area contributed by atoms with Crippen LogP contribution >= 0.6 is 0 Å². The van der Waals surface area contributed by atoms with Crippen molar-refractivity contribution >= 4 is 5.69 Å². The van der Waals surface area contributed by atoms with Gasteiger partial charge in [0.15, 0.2) is 11.6 Å². The molecule has 3 rings (SSSR count). The number of rotatable bonds is 2. The molecule has 1 aromatic heterocycles. The van der Waals surface area contributed by atoms with Crippen molar-refractivity contribution in [1.82, 2.24) is 20.2 Å². The fourth-order valence-corrected chi connectivity index (χ4v) is 1.86. The smallest absolute Gasteiger partial charge is 0.187 e. The monoisotopic (exact) mass is 255 g/mol. The number of hydrogen-bond donors (Lipinski definition) is 1. The highest BCUT2D eigenvalue weighted by molar-refractivity contribution is 5.63. The summed E-state index contributed by atoms with van der Waals surface area (Å²) in [4.78, 5) is 0. The Morgan fingerprint density at radius 2 is 1.79 bits per heavy atom. The maximum absolute atomic E-state index is 13.9. The molecule has 0 saturated heterocycles. The average molecular weight is 255 g/mol. The lowest BCUT2D eigenvalue weighted by atomic mass is 10.2. The molecule has 0 aliphatic heterocycles. The summed E-state index contributed by atoms with van der Waals surface area (Å²) in [5, 5.41) is 11.3. The number of nitrogens with two attached hydrogens (primary N) is 1. The highest BCUT2D eigenvalue weighted by Crippen LogP contribution is 2.24. The van der Waals surface area contributed by atoms with Gasteiger partial charge in [0.05, 0.1) is 5.69 Å². The van der Waals surface area contributed by atoms with Crippen molar-refractivity contribution < 1.29 is 4.39 Å². The van der Waals surface area contributed by atoms with Crippen molar-refractivity contribution in [2.75, 3.05) is 5.73 Å². The Bertz CT molecular complexity index is 688. The first-order valence-corrected chi connectivity index (χ1v) is 5.65. The molecule has 19 heavy (non-hydrogen) atoms. The minimum atomic E-state index is -0.468. The average Bonchev–Trinajstić information content (AvgIpc) is 2.89. The van der Waals surface area contributed by atoms with E-state index in [1.54, 1.807) is 12.1 Å². The molecule has 0 radical (unpaired) electrons. The number of halogens is 1. The highest BCUT2D eigenvalue weighted by Gasteiger charge is 2.16. The zero-order valence-electron chi connectivity index (χ0n) is 9.86. The lowest BCUT2D eigenvalue weighted by molar-refractivity contribution is 0.609. The molecule has 94 valence electrons. The van der Waals surface area contributed by atoms with Crippen LogP contribution in [-0.4, -0.2) is 20.2 Å². The van der Waals surface area contributed by atoms with Gasteiger partial charge in [-0.05, 0) is 22.6 Å². The molecule has 6 heteroatoms. The third-order valence-corrected chi connectivity index (χ3v) is 2.73. The van der Waals surface area contributed by atoms with Gasteiger partial charge in [0, 0.05) is 5.56 Å². The number of aromatic nitrogens is 4. The molecule has 0 saturated carbocycles. The van der Waals surface area contributed by atoms with E-state index in [0.29, 0.717) is 5.82 Å². The molecule has 0 spiro atoms. The number of benzene rings is 2. The van der Waals surface area contributed by atoms with E-state index in [1.165, 1.54) is 10.7 Å². The maximum atomic E-state index is 13.9. The Balaban J connectivity index is 2.21. The van der Waals surface area contributed by atoms with Crippen molar-refractivity contribution in [3.63, 3.8) is 0 Å². The summed E-state index contributed by atoms with van der Waals surface area (Å²) in [5.74, 6) is -0.0260. The lowest BCUT2D eigenvalue weighted by Crippen LogP contribution is -2.06. The molecule has 5 nitrogen and oxygen atoms in total. The molecule has 0 aliphatic carbocycles. The van der Waals surface area contributed by atoms with Gasteiger partial charge in [0.2, 0.25) is 0 Å². The molecule has 0 atom stereocenters. The SMILES string of the molecule is Nc1cccc(F)c1-n1nnnc1-c1ccccc1. The molecule has 0 fully saturated rings. The second kappa shape index (κ2) is 4.49. The number of nitrogen functional groups attached to an aromatic ring is 1. The Kier molecular flexibility index (Phi) is 2.68. The van der Waals surface area contributed by atoms with Crippen LogP contribution in [0.3, 0.4) is 0 Å². The van der Waals surface area contributed by atoms with Crippen LogP contribution in [0, 0.1) is 5.82 Å². The largest absolute Gasteiger partial charge is 0.397 e. The molecule has 0 amide bonds. The van der Waals surface area contributed by atoms with E-state index >= 15 is 0 Å². The summed E-state index contributed by atoms with van der Waals surface area (Å²) in [6, 6.07) is 13.8. The normalized spacial score (nSPS) is 10.6. The molecule has 0 aliphatic rings. The van der Waals surface area contributed by atoms with Crippen LogP contribution in [0.2, 0.25) is 0 Å². The number of hydrogen-bond acceptors (Lipinski definition) is 4. The zero-order valence-corrected chi connectivity index (χ0v) is 9.86. The summed E-state index contributed by atoms with van der Waals surface area (Å²) in [6.45, 7) is 0.